The number of hydrogen-bond donors (Lipinski definition) is 3. The number of H-pyrrole nitrogens is 2. The van der Waals surface area contributed by atoms with Crippen LogP contribution in [0, 0.1) is 29.6 Å². The molecule has 11 nitrogen and oxygen atoms in total. The number of aliphatic hydroxyl groups excluding tert-OH is 1. The maximum atomic E-state index is 14.1. The first-order valence-corrected chi connectivity index (χ1v) is 20.2. The minimum Gasteiger partial charge on any atom is -0.438 e. The van der Waals surface area contributed by atoms with Crippen molar-refractivity contribution in [1.82, 2.24) is 29.7 Å². The Bertz CT molecular complexity index is 2000. The van der Waals surface area contributed by atoms with Crippen LogP contribution in [0.1, 0.15) is 89.1 Å². The van der Waals surface area contributed by atoms with Crippen LogP contribution in [0.3, 0.4) is 0 Å². The highest BCUT2D eigenvalue weighted by Gasteiger charge is 2.54. The number of amides is 1. The molecule has 2 aliphatic rings. The molecule has 53 heavy (non-hydrogen) atoms. The van der Waals surface area contributed by atoms with Gasteiger partial charge in [0.2, 0.25) is 5.34 Å². The van der Waals surface area contributed by atoms with Gasteiger partial charge >= 0.3 is 6.16 Å². The zero-order valence-electron chi connectivity index (χ0n) is 31.6. The Kier molecular flexibility index (Phi) is 11.6. The molecule has 2 saturated heterocycles. The first kappa shape index (κ1) is 38.8. The lowest BCUT2D eigenvalue weighted by Crippen LogP contribution is -2.55. The van der Waals surface area contributed by atoms with Gasteiger partial charge in [-0.1, -0.05) is 67.8 Å². The van der Waals surface area contributed by atoms with Crippen molar-refractivity contribution in [3.05, 3.63) is 71.4 Å². The normalized spacial score (nSPS) is 21.4. The smallest absolute Gasteiger partial charge is 0.438 e. The molecule has 0 saturated carbocycles. The topological polar surface area (TPSA) is 137 Å². The summed E-state index contributed by atoms with van der Waals surface area (Å²) in [6.07, 6.45) is 5.92. The number of thioether (sulfide) groups is 1. The van der Waals surface area contributed by atoms with Crippen LogP contribution in [0.2, 0.25) is 0 Å². The summed E-state index contributed by atoms with van der Waals surface area (Å²) in [5.41, 5.74) is 5.27. The number of rotatable bonds is 10. The Morgan fingerprint density at radius 2 is 1.77 bits per heavy atom. The highest BCUT2D eigenvalue weighted by atomic mass is 32.2. The second-order valence-electron chi connectivity index (χ2n) is 14.8. The van der Waals surface area contributed by atoms with Crippen molar-refractivity contribution < 1.29 is 24.2 Å². The van der Waals surface area contributed by atoms with Gasteiger partial charge in [-0.25, -0.2) is 14.8 Å². The second kappa shape index (κ2) is 15.8. The van der Waals surface area contributed by atoms with E-state index in [2.05, 4.69) is 56.7 Å². The van der Waals surface area contributed by atoms with Crippen LogP contribution in [-0.4, -0.2) is 84.9 Å². The molecule has 282 valence electrons. The molecule has 0 bridgehead atoms. The number of carbonyl (C=O) groups is 2. The lowest BCUT2D eigenvalue weighted by Gasteiger charge is -2.41. The zero-order valence-corrected chi connectivity index (χ0v) is 33.6. The number of imidazole rings is 2. The maximum Gasteiger partial charge on any atom is 0.509 e. The van der Waals surface area contributed by atoms with Gasteiger partial charge in [0.25, 0.3) is 5.91 Å². The minimum absolute atomic E-state index is 0.0756. The van der Waals surface area contributed by atoms with Crippen LogP contribution >= 0.6 is 21.0 Å². The lowest BCUT2D eigenvalue weighted by atomic mass is 9.95. The standard InChI is InChI=1S/C40H51N6O5PS/c1-24(2)26(5)35(47)45-20-8-10-33(45)34-41-23-32(42-34)29-16-13-27(14-17-29)11-12-28-15-18-30-31(22-28)44-36(43-30)39(53-7)19-9-21-46(39)37(48)40(52,25(3)4)51-38(49)50-6/h13-18,22-26,33,35,47H,8-10,19-21,52H2,1-7H3,(H,41,42)(H,43,44). The molecule has 4 heterocycles. The molecular formula is C40H51N6O5PS. The highest BCUT2D eigenvalue weighted by Crippen LogP contribution is 2.49. The van der Waals surface area contributed by atoms with Gasteiger partial charge in [-0.3, -0.25) is 9.69 Å². The molecule has 6 atom stereocenters. The van der Waals surface area contributed by atoms with Gasteiger partial charge in [0.05, 0.1) is 36.1 Å². The third kappa shape index (κ3) is 7.59. The first-order valence-electron chi connectivity index (χ1n) is 18.4. The van der Waals surface area contributed by atoms with E-state index in [-0.39, 0.29) is 23.8 Å². The van der Waals surface area contributed by atoms with Gasteiger partial charge in [0.1, 0.15) is 22.7 Å². The van der Waals surface area contributed by atoms with E-state index in [9.17, 15) is 14.7 Å². The summed E-state index contributed by atoms with van der Waals surface area (Å²) in [6.45, 7) is 11.5. The van der Waals surface area contributed by atoms with Crippen LogP contribution in [-0.2, 0) is 19.1 Å². The molecule has 3 N–H and O–H groups in total. The summed E-state index contributed by atoms with van der Waals surface area (Å²) >= 11 is 1.54. The van der Waals surface area contributed by atoms with Gasteiger partial charge in [0, 0.05) is 30.1 Å². The van der Waals surface area contributed by atoms with E-state index in [1.54, 1.807) is 16.7 Å². The Morgan fingerprint density at radius 1 is 1.06 bits per heavy atom. The predicted octanol–water partition coefficient (Wildman–Crippen LogP) is 7.25. The second-order valence-corrected chi connectivity index (χ2v) is 16.7. The van der Waals surface area contributed by atoms with Gasteiger partial charge < -0.3 is 29.4 Å². The average molecular weight is 759 g/mol. The largest absolute Gasteiger partial charge is 0.509 e. The summed E-state index contributed by atoms with van der Waals surface area (Å²) in [4.78, 5) is 46.1. The summed E-state index contributed by atoms with van der Waals surface area (Å²) in [5.74, 6) is 8.08. The quantitative estimate of drug-likeness (QED) is 0.0868. The lowest BCUT2D eigenvalue weighted by molar-refractivity contribution is -0.150. The SMILES string of the molecule is COC(=O)OC(P)(C(=O)N1CCCC1(SC)c1nc2ccc(C#Cc3ccc(-c4cnc(C5CCCN5C(O)C(C)C(C)C)[nH]4)cc3)cc2[nH]1)C(C)C. The number of nitrogens with one attached hydrogen (secondary N) is 2. The molecule has 0 spiro atoms. The third-order valence-electron chi connectivity index (χ3n) is 11.0. The predicted molar refractivity (Wildman–Crippen MR) is 212 cm³/mol. The summed E-state index contributed by atoms with van der Waals surface area (Å²) in [7, 11) is 3.68. The molecule has 0 aliphatic carbocycles. The van der Waals surface area contributed by atoms with E-state index in [0.29, 0.717) is 24.7 Å². The van der Waals surface area contributed by atoms with Crippen molar-refractivity contribution in [2.45, 2.75) is 82.8 Å². The first-order chi connectivity index (χ1) is 25.3. The van der Waals surface area contributed by atoms with Crippen LogP contribution in [0.25, 0.3) is 22.3 Å². The number of hydrogen-bond acceptors (Lipinski definition) is 9. The molecule has 13 heteroatoms. The fourth-order valence-corrected chi connectivity index (χ4v) is 8.55. The van der Waals surface area contributed by atoms with Crippen LogP contribution in [0.15, 0.2) is 48.7 Å². The average Bonchev–Trinajstić information content (AvgIpc) is 3.98. The van der Waals surface area contributed by atoms with E-state index >= 15 is 0 Å². The number of ether oxygens (including phenoxy) is 2. The summed E-state index contributed by atoms with van der Waals surface area (Å²) < 4.78 is 10.3. The number of carbonyl (C=O) groups excluding carboxylic acids is 2. The van der Waals surface area contributed by atoms with Crippen LogP contribution in [0.4, 0.5) is 4.79 Å². The van der Waals surface area contributed by atoms with Crippen molar-refractivity contribution in [2.24, 2.45) is 17.8 Å². The van der Waals surface area contributed by atoms with E-state index < -0.39 is 22.6 Å². The Morgan fingerprint density at radius 3 is 2.45 bits per heavy atom. The molecular weight excluding hydrogens is 708 g/mol. The number of aliphatic hydroxyl groups is 1. The number of fused-ring (bicyclic) bond motifs is 1. The highest BCUT2D eigenvalue weighted by molar-refractivity contribution is 7.99. The number of methoxy groups -OCH3 is 1. The van der Waals surface area contributed by atoms with Crippen molar-refractivity contribution in [3.63, 3.8) is 0 Å². The molecule has 4 aromatic rings. The molecule has 2 aromatic carbocycles. The van der Waals surface area contributed by atoms with Crippen molar-refractivity contribution in [1.29, 1.82) is 0 Å². The van der Waals surface area contributed by atoms with E-state index in [1.807, 2.05) is 68.8 Å². The summed E-state index contributed by atoms with van der Waals surface area (Å²) in [5, 5.41) is 9.57. The molecule has 6 unspecified atom stereocenters. The molecule has 2 aliphatic heterocycles. The fraction of sp³-hybridized carbons (Fsp3) is 0.500. The fourth-order valence-electron chi connectivity index (χ4n) is 7.26. The number of aromatic amines is 2. The van der Waals surface area contributed by atoms with Crippen LogP contribution < -0.4 is 0 Å². The number of nitrogens with zero attached hydrogens (tertiary/aromatic N) is 4. The van der Waals surface area contributed by atoms with E-state index in [0.717, 1.165) is 65.0 Å². The van der Waals surface area contributed by atoms with Crippen molar-refractivity contribution in [2.75, 3.05) is 26.5 Å². The monoisotopic (exact) mass is 758 g/mol. The number of likely N-dealkylation sites (tertiary alicyclic amines) is 2. The van der Waals surface area contributed by atoms with E-state index in [1.165, 1.54) is 7.11 Å². The third-order valence-corrected chi connectivity index (χ3v) is 13.3. The van der Waals surface area contributed by atoms with Crippen LogP contribution in [0.5, 0.6) is 0 Å². The van der Waals surface area contributed by atoms with Gasteiger partial charge in [-0.15, -0.1) is 11.8 Å². The molecule has 6 rings (SSSR count). The number of benzene rings is 2. The van der Waals surface area contributed by atoms with E-state index in [4.69, 9.17) is 19.4 Å². The van der Waals surface area contributed by atoms with Gasteiger partial charge in [-0.05, 0) is 79.7 Å². The molecule has 1 amide bonds. The summed E-state index contributed by atoms with van der Waals surface area (Å²) in [6, 6.07) is 14.0. The molecule has 2 aromatic heterocycles. The Labute approximate surface area is 318 Å². The van der Waals surface area contributed by atoms with Crippen molar-refractivity contribution in [3.8, 4) is 23.1 Å². The zero-order chi connectivity index (χ0) is 38.1. The molecule has 0 radical (unpaired) electrons. The maximum absolute atomic E-state index is 14.1. The number of aromatic nitrogens is 4. The van der Waals surface area contributed by atoms with Crippen molar-refractivity contribution >= 4 is 44.1 Å². The Balaban J connectivity index is 1.18. The minimum atomic E-state index is -1.49. The van der Waals surface area contributed by atoms with Gasteiger partial charge in [-0.2, -0.15) is 0 Å². The molecule has 2 fully saturated rings. The Hall–Kier alpha value is -3.88. The van der Waals surface area contributed by atoms with Gasteiger partial charge in [0.15, 0.2) is 0 Å².